The van der Waals surface area contributed by atoms with Gasteiger partial charge in [-0.2, -0.15) is 0 Å². The van der Waals surface area contributed by atoms with Gasteiger partial charge in [-0.25, -0.2) is 0 Å². The number of aliphatic hydroxyl groups is 1. The molecule has 0 aliphatic heterocycles. The minimum atomic E-state index is -0.00381. The topological polar surface area (TPSA) is 52.6 Å². The van der Waals surface area contributed by atoms with Crippen LogP contribution in [0, 0.1) is 19.3 Å². The number of aryl methyl sites for hydroxylation is 1. The third kappa shape index (κ3) is 6.58. The van der Waals surface area contributed by atoms with Gasteiger partial charge in [-0.15, -0.1) is 0 Å². The first-order chi connectivity index (χ1) is 10.2. The van der Waals surface area contributed by atoms with Gasteiger partial charge in [0.1, 0.15) is 0 Å². The van der Waals surface area contributed by atoms with Crippen LogP contribution in [0.3, 0.4) is 0 Å². The number of hydrogen-bond donors (Lipinski definition) is 2. The molecule has 4 nitrogen and oxygen atoms in total. The molecular formula is C18H30N2O2. The van der Waals surface area contributed by atoms with E-state index in [1.807, 2.05) is 32.0 Å². The van der Waals surface area contributed by atoms with E-state index >= 15 is 0 Å². The molecule has 0 bridgehead atoms. The number of nitrogens with zero attached hydrogens (tertiary/aromatic N) is 1. The fraction of sp³-hybridized carbons (Fsp3) is 0.611. The van der Waals surface area contributed by atoms with Crippen LogP contribution in [-0.2, 0) is 4.79 Å². The zero-order chi connectivity index (χ0) is 16.8. The molecule has 1 rings (SSSR count). The summed E-state index contributed by atoms with van der Waals surface area (Å²) in [5.74, 6) is -0.00381. The molecule has 0 heterocycles. The summed E-state index contributed by atoms with van der Waals surface area (Å²) < 4.78 is 0. The van der Waals surface area contributed by atoms with Crippen molar-refractivity contribution in [2.45, 2.75) is 41.0 Å². The van der Waals surface area contributed by atoms with Gasteiger partial charge in [0.2, 0.25) is 5.91 Å². The molecule has 0 fully saturated rings. The van der Waals surface area contributed by atoms with Gasteiger partial charge in [0.25, 0.3) is 0 Å². The van der Waals surface area contributed by atoms with Crippen LogP contribution in [0.5, 0.6) is 0 Å². The fourth-order valence-electron chi connectivity index (χ4n) is 2.46. The lowest BCUT2D eigenvalue weighted by molar-refractivity contribution is -0.117. The number of carbonyl (C=O) groups is 1. The van der Waals surface area contributed by atoms with Crippen LogP contribution < -0.4 is 5.32 Å². The van der Waals surface area contributed by atoms with Crippen molar-refractivity contribution in [3.05, 3.63) is 29.3 Å². The summed E-state index contributed by atoms with van der Waals surface area (Å²) in [6.45, 7) is 12.6. The molecule has 0 aliphatic rings. The van der Waals surface area contributed by atoms with Crippen LogP contribution in [0.15, 0.2) is 18.2 Å². The maximum Gasteiger partial charge on any atom is 0.238 e. The second kappa shape index (κ2) is 8.30. The molecule has 0 aromatic heterocycles. The van der Waals surface area contributed by atoms with Crippen molar-refractivity contribution in [3.8, 4) is 0 Å². The van der Waals surface area contributed by atoms with Crippen LogP contribution in [0.4, 0.5) is 5.69 Å². The predicted molar refractivity (Wildman–Crippen MR) is 92.1 cm³/mol. The Balaban J connectivity index is 2.67. The Kier molecular flexibility index (Phi) is 7.04. The first-order valence-corrected chi connectivity index (χ1v) is 7.92. The molecule has 0 atom stereocenters. The number of anilines is 1. The van der Waals surface area contributed by atoms with E-state index < -0.39 is 0 Å². The monoisotopic (exact) mass is 306 g/mol. The van der Waals surface area contributed by atoms with Crippen molar-refractivity contribution in [1.29, 1.82) is 0 Å². The molecular weight excluding hydrogens is 276 g/mol. The van der Waals surface area contributed by atoms with E-state index in [0.717, 1.165) is 24.3 Å². The minimum Gasteiger partial charge on any atom is -0.396 e. The highest BCUT2D eigenvalue weighted by atomic mass is 16.3. The van der Waals surface area contributed by atoms with Crippen molar-refractivity contribution in [1.82, 2.24) is 4.90 Å². The fourth-order valence-corrected chi connectivity index (χ4v) is 2.46. The smallest absolute Gasteiger partial charge is 0.238 e. The molecule has 124 valence electrons. The van der Waals surface area contributed by atoms with Crippen LogP contribution in [-0.4, -0.2) is 42.2 Å². The third-order valence-corrected chi connectivity index (χ3v) is 3.58. The van der Waals surface area contributed by atoms with E-state index in [1.54, 1.807) is 0 Å². The van der Waals surface area contributed by atoms with Crippen molar-refractivity contribution in [2.75, 3.05) is 31.6 Å². The highest BCUT2D eigenvalue weighted by Gasteiger charge is 2.18. The number of carbonyl (C=O) groups excluding carboxylic acids is 1. The first-order valence-electron chi connectivity index (χ1n) is 7.92. The molecule has 0 aliphatic carbocycles. The molecule has 22 heavy (non-hydrogen) atoms. The average molecular weight is 306 g/mol. The highest BCUT2D eigenvalue weighted by Crippen LogP contribution is 2.19. The van der Waals surface area contributed by atoms with E-state index in [4.69, 9.17) is 5.11 Å². The largest absolute Gasteiger partial charge is 0.396 e. The number of rotatable bonds is 7. The minimum absolute atomic E-state index is 0.00381. The second-order valence-corrected chi connectivity index (χ2v) is 7.14. The lowest BCUT2D eigenvalue weighted by Crippen LogP contribution is -2.39. The Bertz CT molecular complexity index is 492. The summed E-state index contributed by atoms with van der Waals surface area (Å²) in [6.07, 6.45) is 0.687. The summed E-state index contributed by atoms with van der Waals surface area (Å²) in [5.41, 5.74) is 3.27. The van der Waals surface area contributed by atoms with Gasteiger partial charge in [-0.3, -0.25) is 9.69 Å². The highest BCUT2D eigenvalue weighted by molar-refractivity contribution is 5.93. The maximum atomic E-state index is 12.3. The summed E-state index contributed by atoms with van der Waals surface area (Å²) in [4.78, 5) is 14.4. The van der Waals surface area contributed by atoms with E-state index in [-0.39, 0.29) is 17.9 Å². The van der Waals surface area contributed by atoms with Crippen LogP contribution in [0.1, 0.15) is 38.3 Å². The summed E-state index contributed by atoms with van der Waals surface area (Å²) in [6, 6.07) is 5.93. The summed E-state index contributed by atoms with van der Waals surface area (Å²) in [5, 5.41) is 12.0. The molecule has 1 amide bonds. The summed E-state index contributed by atoms with van der Waals surface area (Å²) in [7, 11) is 0. The number of amides is 1. The first kappa shape index (κ1) is 18.7. The quantitative estimate of drug-likeness (QED) is 0.814. The van der Waals surface area contributed by atoms with Crippen LogP contribution in [0.2, 0.25) is 0 Å². The van der Waals surface area contributed by atoms with E-state index in [1.165, 1.54) is 5.56 Å². The van der Waals surface area contributed by atoms with Crippen molar-refractivity contribution in [2.24, 2.45) is 5.41 Å². The van der Waals surface area contributed by atoms with Gasteiger partial charge < -0.3 is 10.4 Å². The number of nitrogens with one attached hydrogen (secondary N) is 1. The number of hydrogen-bond acceptors (Lipinski definition) is 3. The third-order valence-electron chi connectivity index (χ3n) is 3.58. The molecule has 0 unspecified atom stereocenters. The number of benzene rings is 1. The van der Waals surface area contributed by atoms with Gasteiger partial charge in [-0.1, -0.05) is 32.9 Å². The summed E-state index contributed by atoms with van der Waals surface area (Å²) >= 11 is 0. The predicted octanol–water partition coefficient (Wildman–Crippen LogP) is 2.97. The Hall–Kier alpha value is -1.39. The van der Waals surface area contributed by atoms with E-state index in [0.29, 0.717) is 13.0 Å². The van der Waals surface area contributed by atoms with Crippen LogP contribution in [0.25, 0.3) is 0 Å². The van der Waals surface area contributed by atoms with Gasteiger partial charge in [-0.05, 0) is 42.9 Å². The maximum absolute atomic E-state index is 12.3. The second-order valence-electron chi connectivity index (χ2n) is 7.14. The Labute approximate surface area is 134 Å². The molecule has 1 aromatic carbocycles. The molecule has 0 saturated carbocycles. The van der Waals surface area contributed by atoms with Gasteiger partial charge in [0, 0.05) is 25.4 Å². The normalized spacial score (nSPS) is 11.8. The average Bonchev–Trinajstić information content (AvgIpc) is 2.39. The van der Waals surface area contributed by atoms with E-state index in [2.05, 4.69) is 31.0 Å². The van der Waals surface area contributed by atoms with Crippen LogP contribution >= 0.6 is 0 Å². The Morgan fingerprint density at radius 3 is 2.55 bits per heavy atom. The number of aliphatic hydroxyl groups excluding tert-OH is 1. The standard InChI is InChI=1S/C18H30N2O2/c1-14-8-6-9-16(15(14)2)19-17(22)12-20(10-7-11-21)13-18(3,4)5/h6,8-9,21H,7,10-13H2,1-5H3,(H,19,22). The SMILES string of the molecule is Cc1cccc(NC(=O)CN(CCCO)CC(C)(C)C)c1C. The van der Waals surface area contributed by atoms with E-state index in [9.17, 15) is 4.79 Å². The zero-order valence-electron chi connectivity index (χ0n) is 14.6. The molecule has 0 spiro atoms. The van der Waals surface area contributed by atoms with Crippen molar-refractivity contribution >= 4 is 11.6 Å². The van der Waals surface area contributed by atoms with Gasteiger partial charge in [0.05, 0.1) is 6.54 Å². The van der Waals surface area contributed by atoms with Crippen molar-refractivity contribution in [3.63, 3.8) is 0 Å². The zero-order valence-corrected chi connectivity index (χ0v) is 14.6. The molecule has 0 saturated heterocycles. The lowest BCUT2D eigenvalue weighted by Gasteiger charge is -2.29. The molecule has 2 N–H and O–H groups in total. The Morgan fingerprint density at radius 2 is 1.95 bits per heavy atom. The van der Waals surface area contributed by atoms with Gasteiger partial charge >= 0.3 is 0 Å². The molecule has 1 aromatic rings. The molecule has 4 heteroatoms. The Morgan fingerprint density at radius 1 is 1.27 bits per heavy atom. The van der Waals surface area contributed by atoms with Crippen molar-refractivity contribution < 1.29 is 9.90 Å². The lowest BCUT2D eigenvalue weighted by atomic mass is 9.96. The molecule has 0 radical (unpaired) electrons. The van der Waals surface area contributed by atoms with Gasteiger partial charge in [0.15, 0.2) is 0 Å².